The Balaban J connectivity index is 1.60. The van der Waals surface area contributed by atoms with Crippen LogP contribution in [-0.4, -0.2) is 36.5 Å². The van der Waals surface area contributed by atoms with Gasteiger partial charge in [0.15, 0.2) is 0 Å². The molecule has 1 spiro atoms. The first-order valence-corrected chi connectivity index (χ1v) is 8.45. The van der Waals surface area contributed by atoms with E-state index in [0.29, 0.717) is 29.5 Å². The zero-order chi connectivity index (χ0) is 14.0. The second-order valence-corrected chi connectivity index (χ2v) is 6.86. The highest BCUT2D eigenvalue weighted by molar-refractivity contribution is 5.13. The van der Waals surface area contributed by atoms with Crippen molar-refractivity contribution in [3.63, 3.8) is 0 Å². The Morgan fingerprint density at radius 2 is 2.00 bits per heavy atom. The van der Waals surface area contributed by atoms with E-state index >= 15 is 0 Å². The van der Waals surface area contributed by atoms with Crippen LogP contribution in [0.1, 0.15) is 51.9 Å². The van der Waals surface area contributed by atoms with E-state index in [2.05, 4.69) is 24.4 Å². The van der Waals surface area contributed by atoms with Crippen molar-refractivity contribution < 1.29 is 9.84 Å². The van der Waals surface area contributed by atoms with Gasteiger partial charge in [0.1, 0.15) is 0 Å². The van der Waals surface area contributed by atoms with Crippen LogP contribution < -0.4 is 5.32 Å². The average Bonchev–Trinajstić information content (AvgIpc) is 2.95. The number of hydrogen-bond acceptors (Lipinski definition) is 3. The molecule has 0 radical (unpaired) electrons. The summed E-state index contributed by atoms with van der Waals surface area (Å²) in [6.45, 7) is 3.24. The highest BCUT2D eigenvalue weighted by Crippen LogP contribution is 2.53. The molecule has 0 aromatic heterocycles. The molecule has 0 aromatic rings. The highest BCUT2D eigenvalue weighted by Gasteiger charge is 2.55. The van der Waals surface area contributed by atoms with Crippen molar-refractivity contribution in [2.24, 2.45) is 11.3 Å². The summed E-state index contributed by atoms with van der Waals surface area (Å²) < 4.78 is 6.01. The highest BCUT2D eigenvalue weighted by atomic mass is 16.5. The lowest BCUT2D eigenvalue weighted by Crippen LogP contribution is -2.65. The van der Waals surface area contributed by atoms with Gasteiger partial charge in [0.25, 0.3) is 0 Å². The lowest BCUT2D eigenvalue weighted by molar-refractivity contribution is -0.151. The Kier molecular flexibility index (Phi) is 4.49. The number of aliphatic hydroxyl groups is 1. The lowest BCUT2D eigenvalue weighted by atomic mass is 9.55. The second-order valence-electron chi connectivity index (χ2n) is 6.86. The first-order chi connectivity index (χ1) is 9.78. The summed E-state index contributed by atoms with van der Waals surface area (Å²) in [5.74, 6) is 0.359. The van der Waals surface area contributed by atoms with Crippen molar-refractivity contribution in [1.29, 1.82) is 0 Å². The van der Waals surface area contributed by atoms with Crippen molar-refractivity contribution in [2.45, 2.75) is 70.1 Å². The number of ether oxygens (including phenoxy) is 1. The van der Waals surface area contributed by atoms with Gasteiger partial charge in [-0.2, -0.15) is 0 Å². The monoisotopic (exact) mass is 279 g/mol. The molecule has 0 bridgehead atoms. The standard InChI is InChI=1S/C17H29NO2/c1-2-20-16-11-15(17(16)8-4-3-5-9-17)18-14-7-6-13(10-14)12-19/h6-7,13-16,18-19H,2-5,8-12H2,1H3/t13-,14+,15+,16+/m0/s1. The summed E-state index contributed by atoms with van der Waals surface area (Å²) in [5, 5.41) is 13.1. The van der Waals surface area contributed by atoms with Crippen LogP contribution in [0.4, 0.5) is 0 Å². The normalized spacial score (nSPS) is 39.1. The van der Waals surface area contributed by atoms with Gasteiger partial charge in [-0.3, -0.25) is 0 Å². The van der Waals surface area contributed by atoms with E-state index in [-0.39, 0.29) is 6.61 Å². The molecule has 0 heterocycles. The first kappa shape index (κ1) is 14.6. The van der Waals surface area contributed by atoms with Crippen LogP contribution in [0.3, 0.4) is 0 Å². The largest absolute Gasteiger partial charge is 0.396 e. The summed E-state index contributed by atoms with van der Waals surface area (Å²) in [7, 11) is 0. The van der Waals surface area contributed by atoms with Crippen LogP contribution >= 0.6 is 0 Å². The van der Waals surface area contributed by atoms with E-state index in [9.17, 15) is 5.11 Å². The van der Waals surface area contributed by atoms with Crippen molar-refractivity contribution in [3.05, 3.63) is 12.2 Å². The smallest absolute Gasteiger partial charge is 0.0661 e. The Bertz CT molecular complexity index is 349. The quantitative estimate of drug-likeness (QED) is 0.760. The van der Waals surface area contributed by atoms with Crippen LogP contribution in [0.25, 0.3) is 0 Å². The third-order valence-electron chi connectivity index (χ3n) is 5.76. The van der Waals surface area contributed by atoms with Gasteiger partial charge in [0, 0.05) is 36.6 Å². The average molecular weight is 279 g/mol. The number of hydrogen-bond donors (Lipinski definition) is 2. The summed E-state index contributed by atoms with van der Waals surface area (Å²) in [6, 6.07) is 1.07. The topological polar surface area (TPSA) is 41.5 Å². The molecule has 0 amide bonds. The minimum absolute atomic E-state index is 0.284. The van der Waals surface area contributed by atoms with Gasteiger partial charge < -0.3 is 15.2 Å². The molecule has 3 rings (SSSR count). The Morgan fingerprint density at radius 1 is 1.20 bits per heavy atom. The zero-order valence-corrected chi connectivity index (χ0v) is 12.7. The Morgan fingerprint density at radius 3 is 2.65 bits per heavy atom. The maximum absolute atomic E-state index is 9.24. The van der Waals surface area contributed by atoms with Crippen molar-refractivity contribution >= 4 is 0 Å². The molecule has 0 aliphatic heterocycles. The van der Waals surface area contributed by atoms with E-state index in [1.54, 1.807) is 0 Å². The van der Waals surface area contributed by atoms with E-state index in [0.717, 1.165) is 13.0 Å². The van der Waals surface area contributed by atoms with Crippen LogP contribution in [0.2, 0.25) is 0 Å². The molecule has 114 valence electrons. The minimum atomic E-state index is 0.284. The summed E-state index contributed by atoms with van der Waals surface area (Å²) in [4.78, 5) is 0. The molecular formula is C17H29NO2. The Labute approximate surface area is 122 Å². The number of rotatable bonds is 5. The van der Waals surface area contributed by atoms with Gasteiger partial charge in [-0.1, -0.05) is 31.4 Å². The van der Waals surface area contributed by atoms with Gasteiger partial charge in [-0.25, -0.2) is 0 Å². The molecule has 4 atom stereocenters. The van der Waals surface area contributed by atoms with E-state index in [1.807, 2.05) is 0 Å². The van der Waals surface area contributed by atoms with Crippen molar-refractivity contribution in [1.82, 2.24) is 5.32 Å². The van der Waals surface area contributed by atoms with Gasteiger partial charge >= 0.3 is 0 Å². The minimum Gasteiger partial charge on any atom is -0.396 e. The predicted octanol–water partition coefficient (Wildman–Crippen LogP) is 2.64. The fourth-order valence-electron chi connectivity index (χ4n) is 4.59. The predicted molar refractivity (Wildman–Crippen MR) is 80.6 cm³/mol. The van der Waals surface area contributed by atoms with Gasteiger partial charge in [-0.15, -0.1) is 0 Å². The van der Waals surface area contributed by atoms with Gasteiger partial charge in [0.2, 0.25) is 0 Å². The lowest BCUT2D eigenvalue weighted by Gasteiger charge is -2.58. The maximum Gasteiger partial charge on any atom is 0.0661 e. The zero-order valence-electron chi connectivity index (χ0n) is 12.7. The molecule has 2 saturated carbocycles. The fourth-order valence-corrected chi connectivity index (χ4v) is 4.59. The first-order valence-electron chi connectivity index (χ1n) is 8.45. The number of aliphatic hydroxyl groups excluding tert-OH is 1. The second kappa shape index (κ2) is 6.17. The summed E-state index contributed by atoms with van der Waals surface area (Å²) >= 11 is 0. The summed E-state index contributed by atoms with van der Waals surface area (Å²) in [6.07, 6.45) is 13.9. The SMILES string of the molecule is CCO[C@@H]1C[C@@H](N[C@@H]2C=C[C@H](CO)C2)C12CCCCC2. The van der Waals surface area contributed by atoms with E-state index in [4.69, 9.17) is 4.74 Å². The van der Waals surface area contributed by atoms with Gasteiger partial charge in [-0.05, 0) is 32.6 Å². The third-order valence-corrected chi connectivity index (χ3v) is 5.76. The number of nitrogens with one attached hydrogen (secondary N) is 1. The molecule has 3 aliphatic carbocycles. The molecule has 3 heteroatoms. The van der Waals surface area contributed by atoms with Crippen LogP contribution in [0, 0.1) is 11.3 Å². The third kappa shape index (κ3) is 2.56. The molecule has 2 N–H and O–H groups in total. The molecule has 0 saturated heterocycles. The molecule has 3 aliphatic rings. The fraction of sp³-hybridized carbons (Fsp3) is 0.882. The molecule has 20 heavy (non-hydrogen) atoms. The molecule has 0 aromatic carbocycles. The molecule has 2 fully saturated rings. The van der Waals surface area contributed by atoms with Crippen LogP contribution in [0.15, 0.2) is 12.2 Å². The van der Waals surface area contributed by atoms with Crippen molar-refractivity contribution in [2.75, 3.05) is 13.2 Å². The Hall–Kier alpha value is -0.380. The van der Waals surface area contributed by atoms with E-state index < -0.39 is 0 Å². The van der Waals surface area contributed by atoms with Crippen molar-refractivity contribution in [3.8, 4) is 0 Å². The van der Waals surface area contributed by atoms with Crippen LogP contribution in [0.5, 0.6) is 0 Å². The molecular weight excluding hydrogens is 250 g/mol. The summed E-state index contributed by atoms with van der Waals surface area (Å²) in [5.41, 5.74) is 0.402. The molecule has 0 unspecified atom stereocenters. The van der Waals surface area contributed by atoms with E-state index in [1.165, 1.54) is 38.5 Å². The molecule has 3 nitrogen and oxygen atoms in total. The van der Waals surface area contributed by atoms with Crippen LogP contribution in [-0.2, 0) is 4.74 Å². The maximum atomic E-state index is 9.24. The van der Waals surface area contributed by atoms with Gasteiger partial charge in [0.05, 0.1) is 6.10 Å².